The molecular weight excluding hydrogens is 604 g/mol. The summed E-state index contributed by atoms with van der Waals surface area (Å²) < 4.78 is 11.0. The lowest BCUT2D eigenvalue weighted by Crippen LogP contribution is -2.42. The van der Waals surface area contributed by atoms with Gasteiger partial charge in [-0.3, -0.25) is 10.2 Å². The highest BCUT2D eigenvalue weighted by atomic mass is 16.6. The number of unbranched alkanes of at least 4 members (excludes halogenated alkanes) is 1. The fourth-order valence-electron chi connectivity index (χ4n) is 7.25. The second-order valence-electron chi connectivity index (χ2n) is 12.9. The molecule has 2 aliphatic carbocycles. The van der Waals surface area contributed by atoms with Gasteiger partial charge >= 0.3 is 12.2 Å². The number of amides is 3. The van der Waals surface area contributed by atoms with E-state index in [-0.39, 0.29) is 37.0 Å². The molecule has 3 N–H and O–H groups in total. The predicted octanol–water partition coefficient (Wildman–Crippen LogP) is 6.42. The molecule has 4 aromatic rings. The van der Waals surface area contributed by atoms with E-state index >= 15 is 0 Å². The zero-order chi connectivity index (χ0) is 33.2. The van der Waals surface area contributed by atoms with Crippen molar-refractivity contribution in [2.24, 2.45) is 5.73 Å². The predicted molar refractivity (Wildman–Crippen MR) is 183 cm³/mol. The van der Waals surface area contributed by atoms with Crippen molar-refractivity contribution in [3.05, 3.63) is 119 Å². The van der Waals surface area contributed by atoms with Gasteiger partial charge in [0.2, 0.25) is 0 Å². The molecule has 9 heteroatoms. The molecule has 1 fully saturated rings. The third-order valence-corrected chi connectivity index (χ3v) is 9.74. The molecular formula is C39H40N4O5. The fourth-order valence-corrected chi connectivity index (χ4v) is 7.25. The zero-order valence-electron chi connectivity index (χ0n) is 27.0. The minimum Gasteiger partial charge on any atom is -0.449 e. The maximum absolute atomic E-state index is 14.0. The van der Waals surface area contributed by atoms with Gasteiger partial charge in [0, 0.05) is 37.5 Å². The normalized spacial score (nSPS) is 17.8. The summed E-state index contributed by atoms with van der Waals surface area (Å²) in [6, 6.07) is 34.0. The molecule has 0 radical (unpaired) electrons. The molecule has 3 atom stereocenters. The number of carbonyl (C=O) groups excluding carboxylic acids is 3. The Labute approximate surface area is 280 Å². The topological polar surface area (TPSA) is 114 Å². The van der Waals surface area contributed by atoms with E-state index in [1.165, 1.54) is 44.5 Å². The summed E-state index contributed by atoms with van der Waals surface area (Å²) >= 11 is 0. The van der Waals surface area contributed by atoms with Gasteiger partial charge in [-0.15, -0.1) is 0 Å². The maximum Gasteiger partial charge on any atom is 0.409 e. The van der Waals surface area contributed by atoms with E-state index in [1.807, 2.05) is 11.8 Å². The van der Waals surface area contributed by atoms with Gasteiger partial charge in [-0.25, -0.2) is 14.6 Å². The van der Waals surface area contributed by atoms with Crippen LogP contribution in [0.2, 0.25) is 0 Å². The Morgan fingerprint density at radius 2 is 1.21 bits per heavy atom. The third kappa shape index (κ3) is 6.38. The van der Waals surface area contributed by atoms with Crippen LogP contribution in [0.4, 0.5) is 9.59 Å². The Bertz CT molecular complexity index is 1650. The molecule has 1 heterocycles. The first kappa shape index (κ1) is 31.4. The number of nitrogens with zero attached hydrogens (tertiary/aromatic N) is 2. The molecule has 246 valence electrons. The van der Waals surface area contributed by atoms with Crippen LogP contribution in [-0.4, -0.2) is 66.4 Å². The Morgan fingerprint density at radius 1 is 0.771 bits per heavy atom. The van der Waals surface area contributed by atoms with E-state index < -0.39 is 18.1 Å². The number of primary amides is 1. The van der Waals surface area contributed by atoms with Gasteiger partial charge in [0.1, 0.15) is 0 Å². The van der Waals surface area contributed by atoms with E-state index in [4.69, 9.17) is 15.2 Å². The van der Waals surface area contributed by atoms with Crippen LogP contribution in [0.15, 0.2) is 97.1 Å². The Hall–Kier alpha value is -5.15. The van der Waals surface area contributed by atoms with Crippen molar-refractivity contribution in [2.75, 3.05) is 26.2 Å². The van der Waals surface area contributed by atoms with Crippen LogP contribution in [0.25, 0.3) is 22.3 Å². The summed E-state index contributed by atoms with van der Waals surface area (Å²) in [5.74, 6) is -0.394. The van der Waals surface area contributed by atoms with Gasteiger partial charge in [-0.2, -0.15) is 0 Å². The highest BCUT2D eigenvalue weighted by Gasteiger charge is 2.36. The average molecular weight is 645 g/mol. The van der Waals surface area contributed by atoms with Crippen LogP contribution < -0.4 is 11.2 Å². The molecule has 1 aliphatic heterocycles. The largest absolute Gasteiger partial charge is 0.449 e. The van der Waals surface area contributed by atoms with Gasteiger partial charge in [-0.05, 0) is 70.7 Å². The Balaban J connectivity index is 1.07. The van der Waals surface area contributed by atoms with Gasteiger partial charge < -0.3 is 20.1 Å². The minimum atomic E-state index is -1.01. The number of fused-ring (bicyclic) bond motifs is 6. The number of hydrazine groups is 1. The maximum atomic E-state index is 14.0. The first-order chi connectivity index (χ1) is 23.4. The molecule has 1 unspecified atom stereocenters. The third-order valence-electron chi connectivity index (χ3n) is 9.74. The fraction of sp³-hybridized carbons (Fsp3) is 0.308. The summed E-state index contributed by atoms with van der Waals surface area (Å²) in [7, 11) is 0. The molecule has 0 aromatic heterocycles. The van der Waals surface area contributed by atoms with Crippen LogP contribution in [0.5, 0.6) is 0 Å². The molecule has 0 saturated carbocycles. The Kier molecular flexibility index (Phi) is 8.86. The van der Waals surface area contributed by atoms with Crippen LogP contribution in [0.3, 0.4) is 0 Å². The molecule has 3 amide bonds. The Morgan fingerprint density at radius 3 is 1.62 bits per heavy atom. The van der Waals surface area contributed by atoms with Crippen LogP contribution in [0, 0.1) is 0 Å². The van der Waals surface area contributed by atoms with Crippen molar-refractivity contribution < 1.29 is 23.9 Å². The number of hydrogen-bond acceptors (Lipinski definition) is 6. The number of ether oxygens (including phenoxy) is 2. The van der Waals surface area contributed by atoms with Crippen molar-refractivity contribution in [1.82, 2.24) is 15.3 Å². The van der Waals surface area contributed by atoms with Crippen molar-refractivity contribution >= 4 is 18.1 Å². The summed E-state index contributed by atoms with van der Waals surface area (Å²) in [4.78, 5) is 40.0. The summed E-state index contributed by atoms with van der Waals surface area (Å²) in [6.07, 6.45) is -1.12. The number of hydrogen-bond donors (Lipinski definition) is 2. The number of carbonyl (C=O) groups is 3. The molecule has 0 spiro atoms. The van der Waals surface area contributed by atoms with Crippen LogP contribution in [-0.2, 0) is 14.3 Å². The standard InChI is InChI=1S/C39H40N4O5/c1-25-22-43(25)41-37(44)36(48-38(40)45)20-10-11-21-47-39(46)42(23-34-30-16-6-2-12-26(30)27-13-3-7-17-31(27)34)24-35-32-18-8-4-14-28(32)29-15-5-9-19-33(29)35/h2-9,12-19,25,34-36H,10-11,20-24H2,1H3,(H2,40,45)(H,41,44)/t25-,36-,43?/m0/s1. The molecule has 3 aliphatic rings. The molecule has 7 rings (SSSR count). The number of rotatable bonds is 12. The first-order valence-electron chi connectivity index (χ1n) is 16.7. The van der Waals surface area contributed by atoms with Crippen LogP contribution in [0.1, 0.15) is 60.3 Å². The smallest absolute Gasteiger partial charge is 0.409 e. The van der Waals surface area contributed by atoms with Crippen molar-refractivity contribution in [1.29, 1.82) is 0 Å². The molecule has 9 nitrogen and oxygen atoms in total. The van der Waals surface area contributed by atoms with Crippen molar-refractivity contribution in [3.63, 3.8) is 0 Å². The quantitative estimate of drug-likeness (QED) is 0.136. The van der Waals surface area contributed by atoms with E-state index in [0.29, 0.717) is 25.9 Å². The van der Waals surface area contributed by atoms with E-state index in [0.717, 1.165) is 6.54 Å². The minimum absolute atomic E-state index is 0.00647. The van der Waals surface area contributed by atoms with Crippen molar-refractivity contribution in [3.8, 4) is 22.3 Å². The first-order valence-corrected chi connectivity index (χ1v) is 16.7. The van der Waals surface area contributed by atoms with E-state index in [2.05, 4.69) is 102 Å². The monoisotopic (exact) mass is 644 g/mol. The second-order valence-corrected chi connectivity index (χ2v) is 12.9. The lowest BCUT2D eigenvalue weighted by molar-refractivity contribution is -0.132. The SMILES string of the molecule is C[C@H]1CN1NC(=O)[C@H](CCCCOC(=O)N(CC1c2ccccc2-c2ccccc21)CC1c2ccccc2-c2ccccc21)OC(N)=O. The molecule has 4 aromatic carbocycles. The average Bonchev–Trinajstić information content (AvgIpc) is 3.57. The number of nitrogens with two attached hydrogens (primary N) is 1. The summed E-state index contributed by atoms with van der Waals surface area (Å²) in [6.45, 7) is 3.83. The summed E-state index contributed by atoms with van der Waals surface area (Å²) in [5.41, 5.74) is 17.6. The molecule has 1 saturated heterocycles. The van der Waals surface area contributed by atoms with E-state index in [9.17, 15) is 14.4 Å². The lowest BCUT2D eigenvalue weighted by atomic mass is 9.93. The van der Waals surface area contributed by atoms with Gasteiger partial charge in [-0.1, -0.05) is 97.1 Å². The van der Waals surface area contributed by atoms with Gasteiger partial charge in [0.15, 0.2) is 6.10 Å². The van der Waals surface area contributed by atoms with Crippen LogP contribution >= 0.6 is 0 Å². The highest BCUT2D eigenvalue weighted by molar-refractivity contribution is 5.83. The van der Waals surface area contributed by atoms with Gasteiger partial charge in [0.05, 0.1) is 6.61 Å². The highest BCUT2D eigenvalue weighted by Crippen LogP contribution is 2.47. The van der Waals surface area contributed by atoms with E-state index in [1.54, 1.807) is 5.01 Å². The summed E-state index contributed by atoms with van der Waals surface area (Å²) in [5, 5.41) is 1.76. The second kappa shape index (κ2) is 13.5. The lowest BCUT2D eigenvalue weighted by Gasteiger charge is -2.29. The zero-order valence-corrected chi connectivity index (χ0v) is 27.0. The molecule has 48 heavy (non-hydrogen) atoms. The number of benzene rings is 4. The van der Waals surface area contributed by atoms with Gasteiger partial charge in [0.25, 0.3) is 5.91 Å². The van der Waals surface area contributed by atoms with Crippen molar-refractivity contribution in [2.45, 2.75) is 50.2 Å². The molecule has 0 bridgehead atoms. The number of nitrogens with one attached hydrogen (secondary N) is 1.